The van der Waals surface area contributed by atoms with Crippen molar-refractivity contribution in [3.8, 4) is 0 Å². The van der Waals surface area contributed by atoms with Crippen molar-refractivity contribution in [3.63, 3.8) is 0 Å². The zero-order valence-electron chi connectivity index (χ0n) is 12.5. The van der Waals surface area contributed by atoms with Gasteiger partial charge >= 0.3 is 5.97 Å². The Morgan fingerprint density at radius 3 is 2.95 bits per heavy atom. The Morgan fingerprint density at radius 1 is 1.57 bits per heavy atom. The number of ether oxygens (including phenoxy) is 1. The monoisotopic (exact) mass is 295 g/mol. The maximum atomic E-state index is 14.1. The van der Waals surface area contributed by atoms with Gasteiger partial charge in [-0.25, -0.2) is 9.18 Å². The highest BCUT2D eigenvalue weighted by Crippen LogP contribution is 2.24. The molecule has 1 aromatic rings. The molecule has 0 spiro atoms. The number of hydrogen-bond donors (Lipinski definition) is 1. The Bertz CT molecular complexity index is 504. The summed E-state index contributed by atoms with van der Waals surface area (Å²) in [6, 6.07) is 4.74. The van der Waals surface area contributed by atoms with Crippen LogP contribution in [0.2, 0.25) is 0 Å². The van der Waals surface area contributed by atoms with E-state index in [9.17, 15) is 14.3 Å². The third kappa shape index (κ3) is 4.02. The molecule has 1 aliphatic heterocycles. The SMILES string of the molecule is COC(=O)c1ccc(CN2CCCC2CC(C)O)c(F)c1. The standard InChI is InChI=1S/C16H22FNO3/c1-11(19)8-14-4-3-7-18(14)10-13-6-5-12(9-15(13)17)16(20)21-2/h5-6,9,11,14,19H,3-4,7-8,10H2,1-2H3. The lowest BCUT2D eigenvalue weighted by Crippen LogP contribution is -2.31. The Labute approximate surface area is 124 Å². The number of aliphatic hydroxyl groups is 1. The normalized spacial score (nSPS) is 20.5. The second kappa shape index (κ2) is 7.00. The van der Waals surface area contributed by atoms with Crippen LogP contribution in [-0.4, -0.2) is 41.8 Å². The highest BCUT2D eigenvalue weighted by atomic mass is 19.1. The first-order valence-electron chi connectivity index (χ1n) is 7.30. The Morgan fingerprint density at radius 2 is 2.33 bits per heavy atom. The van der Waals surface area contributed by atoms with Gasteiger partial charge in [-0.3, -0.25) is 4.90 Å². The molecule has 116 valence electrons. The summed E-state index contributed by atoms with van der Waals surface area (Å²) in [5.41, 5.74) is 0.792. The van der Waals surface area contributed by atoms with Gasteiger partial charge < -0.3 is 9.84 Å². The van der Waals surface area contributed by atoms with Crippen molar-refractivity contribution in [1.82, 2.24) is 4.90 Å². The molecule has 2 rings (SSSR count). The van der Waals surface area contributed by atoms with Crippen molar-refractivity contribution in [2.45, 2.75) is 44.9 Å². The van der Waals surface area contributed by atoms with Crippen LogP contribution in [0.15, 0.2) is 18.2 Å². The molecule has 2 unspecified atom stereocenters. The van der Waals surface area contributed by atoms with Crippen LogP contribution < -0.4 is 0 Å². The molecule has 1 aromatic carbocycles. The number of methoxy groups -OCH3 is 1. The molecule has 0 amide bonds. The number of carbonyl (C=O) groups excluding carboxylic acids is 1. The smallest absolute Gasteiger partial charge is 0.337 e. The number of rotatable bonds is 5. The largest absolute Gasteiger partial charge is 0.465 e. The second-order valence-corrected chi connectivity index (χ2v) is 5.65. The molecular formula is C16H22FNO3. The van der Waals surface area contributed by atoms with E-state index in [1.54, 1.807) is 19.1 Å². The lowest BCUT2D eigenvalue weighted by Gasteiger charge is -2.25. The zero-order chi connectivity index (χ0) is 15.4. The van der Waals surface area contributed by atoms with Gasteiger partial charge in [-0.15, -0.1) is 0 Å². The Balaban J connectivity index is 2.07. The van der Waals surface area contributed by atoms with Gasteiger partial charge in [-0.05, 0) is 44.9 Å². The van der Waals surface area contributed by atoms with Crippen molar-refractivity contribution in [3.05, 3.63) is 35.1 Å². The molecule has 4 nitrogen and oxygen atoms in total. The van der Waals surface area contributed by atoms with Crippen LogP contribution in [0.4, 0.5) is 4.39 Å². The molecule has 0 aromatic heterocycles. The van der Waals surface area contributed by atoms with E-state index in [-0.39, 0.29) is 17.5 Å². The van der Waals surface area contributed by atoms with E-state index in [1.807, 2.05) is 0 Å². The summed E-state index contributed by atoms with van der Waals surface area (Å²) in [7, 11) is 1.28. The van der Waals surface area contributed by atoms with Gasteiger partial charge in [0.05, 0.1) is 18.8 Å². The highest BCUT2D eigenvalue weighted by molar-refractivity contribution is 5.89. The summed E-state index contributed by atoms with van der Waals surface area (Å²) in [4.78, 5) is 13.6. The van der Waals surface area contributed by atoms with E-state index in [1.165, 1.54) is 13.2 Å². The van der Waals surface area contributed by atoms with E-state index in [4.69, 9.17) is 0 Å². The zero-order valence-corrected chi connectivity index (χ0v) is 12.5. The molecule has 0 aliphatic carbocycles. The Kier molecular flexibility index (Phi) is 5.31. The molecular weight excluding hydrogens is 273 g/mol. The molecule has 1 saturated heterocycles. The summed E-state index contributed by atoms with van der Waals surface area (Å²) in [6.07, 6.45) is 2.47. The maximum absolute atomic E-state index is 14.1. The number of likely N-dealkylation sites (tertiary alicyclic amines) is 1. The number of benzene rings is 1. The fourth-order valence-electron chi connectivity index (χ4n) is 2.90. The van der Waals surface area contributed by atoms with Gasteiger partial charge in [0.15, 0.2) is 0 Å². The Hall–Kier alpha value is -1.46. The van der Waals surface area contributed by atoms with Crippen molar-refractivity contribution >= 4 is 5.97 Å². The number of carbonyl (C=O) groups is 1. The second-order valence-electron chi connectivity index (χ2n) is 5.65. The first-order chi connectivity index (χ1) is 10.0. The first kappa shape index (κ1) is 15.9. The maximum Gasteiger partial charge on any atom is 0.337 e. The van der Waals surface area contributed by atoms with Gasteiger partial charge in [0.25, 0.3) is 0 Å². The van der Waals surface area contributed by atoms with Gasteiger partial charge in [0, 0.05) is 18.2 Å². The number of aliphatic hydroxyl groups excluding tert-OH is 1. The average molecular weight is 295 g/mol. The fourth-order valence-corrected chi connectivity index (χ4v) is 2.90. The minimum atomic E-state index is -0.534. The number of nitrogens with zero attached hydrogens (tertiary/aromatic N) is 1. The van der Waals surface area contributed by atoms with Crippen LogP contribution in [0.3, 0.4) is 0 Å². The van der Waals surface area contributed by atoms with Gasteiger partial charge in [0.2, 0.25) is 0 Å². The lowest BCUT2D eigenvalue weighted by molar-refractivity contribution is 0.0600. The van der Waals surface area contributed by atoms with Crippen molar-refractivity contribution < 1.29 is 19.0 Å². The van der Waals surface area contributed by atoms with Crippen molar-refractivity contribution in [1.29, 1.82) is 0 Å². The van der Waals surface area contributed by atoms with Crippen LogP contribution in [0.1, 0.15) is 42.1 Å². The molecule has 2 atom stereocenters. The number of esters is 1. The summed E-state index contributed by atoms with van der Waals surface area (Å²) in [5.74, 6) is -0.922. The third-order valence-electron chi connectivity index (χ3n) is 3.96. The summed E-state index contributed by atoms with van der Waals surface area (Å²) in [6.45, 7) is 3.20. The molecule has 1 heterocycles. The van der Waals surface area contributed by atoms with Gasteiger partial charge in [0.1, 0.15) is 5.82 Å². The third-order valence-corrected chi connectivity index (χ3v) is 3.96. The topological polar surface area (TPSA) is 49.8 Å². The molecule has 1 N–H and O–H groups in total. The van der Waals surface area contributed by atoms with Crippen LogP contribution in [-0.2, 0) is 11.3 Å². The van der Waals surface area contributed by atoms with Crippen LogP contribution in [0.5, 0.6) is 0 Å². The van der Waals surface area contributed by atoms with Crippen LogP contribution in [0.25, 0.3) is 0 Å². The molecule has 5 heteroatoms. The van der Waals surface area contributed by atoms with Gasteiger partial charge in [-0.2, -0.15) is 0 Å². The molecule has 0 saturated carbocycles. The van der Waals surface area contributed by atoms with E-state index >= 15 is 0 Å². The summed E-state index contributed by atoms with van der Waals surface area (Å²) < 4.78 is 18.7. The lowest BCUT2D eigenvalue weighted by atomic mass is 10.1. The van der Waals surface area contributed by atoms with Crippen LogP contribution in [0, 0.1) is 5.82 Å². The summed E-state index contributed by atoms with van der Waals surface area (Å²) >= 11 is 0. The number of halogens is 1. The van der Waals surface area contributed by atoms with Crippen molar-refractivity contribution in [2.24, 2.45) is 0 Å². The molecule has 0 radical (unpaired) electrons. The summed E-state index contributed by atoms with van der Waals surface area (Å²) in [5, 5.41) is 9.52. The van der Waals surface area contributed by atoms with Crippen LogP contribution >= 0.6 is 0 Å². The van der Waals surface area contributed by atoms with E-state index < -0.39 is 5.97 Å². The first-order valence-corrected chi connectivity index (χ1v) is 7.30. The molecule has 1 aliphatic rings. The minimum Gasteiger partial charge on any atom is -0.465 e. The number of hydrogen-bond acceptors (Lipinski definition) is 4. The highest BCUT2D eigenvalue weighted by Gasteiger charge is 2.26. The van der Waals surface area contributed by atoms with Gasteiger partial charge in [-0.1, -0.05) is 6.07 Å². The van der Waals surface area contributed by atoms with Crippen molar-refractivity contribution in [2.75, 3.05) is 13.7 Å². The van der Waals surface area contributed by atoms with E-state index in [0.717, 1.165) is 19.4 Å². The van der Waals surface area contributed by atoms with E-state index in [0.29, 0.717) is 24.6 Å². The minimum absolute atomic E-state index is 0.223. The fraction of sp³-hybridized carbons (Fsp3) is 0.562. The molecule has 1 fully saturated rings. The molecule has 0 bridgehead atoms. The molecule has 21 heavy (non-hydrogen) atoms. The average Bonchev–Trinajstić information content (AvgIpc) is 2.86. The predicted molar refractivity (Wildman–Crippen MR) is 77.5 cm³/mol. The predicted octanol–water partition coefficient (Wildman–Crippen LogP) is 2.35. The quantitative estimate of drug-likeness (QED) is 0.847. The van der Waals surface area contributed by atoms with E-state index in [2.05, 4.69) is 9.64 Å².